The number of hydrogen-bond donors (Lipinski definition) is 1. The van der Waals surface area contributed by atoms with Gasteiger partial charge in [0.15, 0.2) is 6.61 Å². The molecule has 0 aliphatic rings. The summed E-state index contributed by atoms with van der Waals surface area (Å²) >= 11 is 0. The number of rotatable bonds is 11. The van der Waals surface area contributed by atoms with Crippen molar-refractivity contribution in [2.45, 2.75) is 25.7 Å². The van der Waals surface area contributed by atoms with E-state index >= 15 is 0 Å². The van der Waals surface area contributed by atoms with E-state index < -0.39 is 15.9 Å². The fourth-order valence-electron chi connectivity index (χ4n) is 3.01. The second-order valence-corrected chi connectivity index (χ2v) is 8.84. The summed E-state index contributed by atoms with van der Waals surface area (Å²) in [6, 6.07) is 11.7. The molecule has 0 bridgehead atoms. The number of carbonyl (C=O) groups is 1. The third-order valence-corrected chi connectivity index (χ3v) is 6.62. The number of anilines is 2. The molecule has 9 heteroatoms. The van der Waals surface area contributed by atoms with Gasteiger partial charge in [-0.2, -0.15) is 4.31 Å². The molecule has 0 aromatic heterocycles. The number of ether oxygens (including phenoxy) is 2. The second-order valence-electron chi connectivity index (χ2n) is 6.90. The van der Waals surface area contributed by atoms with Gasteiger partial charge in [-0.05, 0) is 49.4 Å². The monoisotopic (exact) mass is 449 g/mol. The van der Waals surface area contributed by atoms with Gasteiger partial charge in [0.2, 0.25) is 10.0 Å². The second kappa shape index (κ2) is 11.0. The molecular weight excluding hydrogens is 418 g/mol. The highest BCUT2D eigenvalue weighted by atomic mass is 32.2. The quantitative estimate of drug-likeness (QED) is 0.567. The fraction of sp³-hybridized carbons (Fsp3) is 0.409. The standard InChI is InChI=1S/C22H31N3O5S/c1-6-25(7-2)31(27,28)19-13-14-21(24(4)5)20(15-19)23-22(26)16-30-18-11-9-17(10-12-18)29-8-3/h9-15H,6-8,16H2,1-5H3,(H,23,26). The van der Waals surface area contributed by atoms with Crippen molar-refractivity contribution in [3.8, 4) is 11.5 Å². The van der Waals surface area contributed by atoms with E-state index in [1.807, 2.05) is 21.0 Å². The molecule has 0 saturated carbocycles. The molecule has 1 amide bonds. The maximum Gasteiger partial charge on any atom is 0.262 e. The van der Waals surface area contributed by atoms with E-state index in [4.69, 9.17) is 9.47 Å². The van der Waals surface area contributed by atoms with Crippen molar-refractivity contribution < 1.29 is 22.7 Å². The van der Waals surface area contributed by atoms with Crippen LogP contribution in [0.4, 0.5) is 11.4 Å². The SMILES string of the molecule is CCOc1ccc(OCC(=O)Nc2cc(S(=O)(=O)N(CC)CC)ccc2N(C)C)cc1. The predicted molar refractivity (Wildman–Crippen MR) is 123 cm³/mol. The highest BCUT2D eigenvalue weighted by molar-refractivity contribution is 7.89. The van der Waals surface area contributed by atoms with Crippen LogP contribution in [0.25, 0.3) is 0 Å². The minimum Gasteiger partial charge on any atom is -0.494 e. The van der Waals surface area contributed by atoms with Gasteiger partial charge in [0.1, 0.15) is 11.5 Å². The lowest BCUT2D eigenvalue weighted by Crippen LogP contribution is -2.31. The lowest BCUT2D eigenvalue weighted by atomic mass is 10.2. The zero-order valence-electron chi connectivity index (χ0n) is 18.7. The van der Waals surface area contributed by atoms with Crippen LogP contribution in [0.2, 0.25) is 0 Å². The average molecular weight is 450 g/mol. The van der Waals surface area contributed by atoms with Crippen LogP contribution in [0.3, 0.4) is 0 Å². The van der Waals surface area contributed by atoms with E-state index in [9.17, 15) is 13.2 Å². The molecule has 0 aliphatic heterocycles. The molecule has 0 saturated heterocycles. The Morgan fingerprint density at radius 2 is 1.52 bits per heavy atom. The van der Waals surface area contributed by atoms with Gasteiger partial charge in [-0.3, -0.25) is 4.79 Å². The number of nitrogens with one attached hydrogen (secondary N) is 1. The number of carbonyl (C=O) groups excluding carboxylic acids is 1. The molecule has 2 aromatic carbocycles. The maximum atomic E-state index is 12.9. The Bertz CT molecular complexity index is 971. The van der Waals surface area contributed by atoms with Crippen molar-refractivity contribution >= 4 is 27.3 Å². The topological polar surface area (TPSA) is 88.2 Å². The van der Waals surface area contributed by atoms with Gasteiger partial charge >= 0.3 is 0 Å². The summed E-state index contributed by atoms with van der Waals surface area (Å²) in [5, 5.41) is 2.77. The van der Waals surface area contributed by atoms with E-state index in [1.54, 1.807) is 55.1 Å². The van der Waals surface area contributed by atoms with Crippen LogP contribution in [0.15, 0.2) is 47.4 Å². The molecule has 31 heavy (non-hydrogen) atoms. The van der Waals surface area contributed by atoms with E-state index in [0.29, 0.717) is 36.8 Å². The molecule has 170 valence electrons. The summed E-state index contributed by atoms with van der Waals surface area (Å²) in [4.78, 5) is 14.4. The molecule has 8 nitrogen and oxygen atoms in total. The van der Waals surface area contributed by atoms with Crippen molar-refractivity contribution in [3.05, 3.63) is 42.5 Å². The van der Waals surface area contributed by atoms with Crippen molar-refractivity contribution in [2.75, 3.05) is 50.6 Å². The van der Waals surface area contributed by atoms with Gasteiger partial charge in [-0.25, -0.2) is 8.42 Å². The first-order chi connectivity index (χ1) is 14.7. The Kier molecular flexibility index (Phi) is 8.70. The summed E-state index contributed by atoms with van der Waals surface area (Å²) in [6.07, 6.45) is 0. The Morgan fingerprint density at radius 3 is 2.03 bits per heavy atom. The first-order valence-corrected chi connectivity index (χ1v) is 11.6. The van der Waals surface area contributed by atoms with Crippen LogP contribution >= 0.6 is 0 Å². The van der Waals surface area contributed by atoms with Crippen molar-refractivity contribution in [1.29, 1.82) is 0 Å². The van der Waals surface area contributed by atoms with Crippen LogP contribution in [-0.4, -0.2) is 59.0 Å². The molecule has 0 aliphatic carbocycles. The van der Waals surface area contributed by atoms with E-state index in [2.05, 4.69) is 5.32 Å². The predicted octanol–water partition coefficient (Wildman–Crippen LogP) is 3.20. The smallest absolute Gasteiger partial charge is 0.262 e. The minimum atomic E-state index is -3.65. The average Bonchev–Trinajstić information content (AvgIpc) is 2.74. The summed E-state index contributed by atoms with van der Waals surface area (Å²) in [7, 11) is -0.00687. The molecule has 2 aromatic rings. The number of hydrogen-bond acceptors (Lipinski definition) is 6. The van der Waals surface area contributed by atoms with Crippen molar-refractivity contribution in [1.82, 2.24) is 4.31 Å². The van der Waals surface area contributed by atoms with Gasteiger partial charge in [0, 0.05) is 27.2 Å². The number of benzene rings is 2. The largest absolute Gasteiger partial charge is 0.494 e. The lowest BCUT2D eigenvalue weighted by Gasteiger charge is -2.22. The van der Waals surface area contributed by atoms with Crippen LogP contribution in [0.5, 0.6) is 11.5 Å². The van der Waals surface area contributed by atoms with Crippen LogP contribution in [-0.2, 0) is 14.8 Å². The molecule has 0 atom stereocenters. The highest BCUT2D eigenvalue weighted by Crippen LogP contribution is 2.29. The Labute approximate surface area is 184 Å². The van der Waals surface area contributed by atoms with Crippen LogP contribution < -0.4 is 19.7 Å². The van der Waals surface area contributed by atoms with Crippen molar-refractivity contribution in [3.63, 3.8) is 0 Å². The lowest BCUT2D eigenvalue weighted by molar-refractivity contribution is -0.118. The number of sulfonamides is 1. The van der Waals surface area contributed by atoms with Gasteiger partial charge < -0.3 is 19.7 Å². The van der Waals surface area contributed by atoms with Gasteiger partial charge in [-0.1, -0.05) is 13.8 Å². The zero-order valence-corrected chi connectivity index (χ0v) is 19.5. The fourth-order valence-corrected chi connectivity index (χ4v) is 4.50. The van der Waals surface area contributed by atoms with Gasteiger partial charge in [-0.15, -0.1) is 0 Å². The maximum absolute atomic E-state index is 12.9. The zero-order chi connectivity index (χ0) is 23.0. The summed E-state index contributed by atoms with van der Waals surface area (Å²) in [5.41, 5.74) is 1.09. The third-order valence-electron chi connectivity index (χ3n) is 4.57. The molecule has 0 radical (unpaired) electrons. The molecule has 0 spiro atoms. The normalized spacial score (nSPS) is 11.3. The van der Waals surface area contributed by atoms with Crippen LogP contribution in [0.1, 0.15) is 20.8 Å². The van der Waals surface area contributed by atoms with E-state index in [1.165, 1.54) is 10.4 Å². The van der Waals surface area contributed by atoms with Gasteiger partial charge in [0.05, 0.1) is 22.9 Å². The minimum absolute atomic E-state index is 0.129. The van der Waals surface area contributed by atoms with Crippen LogP contribution in [0, 0.1) is 0 Å². The summed E-state index contributed by atoms with van der Waals surface area (Å²) < 4.78 is 38.0. The number of nitrogens with zero attached hydrogens (tertiary/aromatic N) is 2. The molecule has 0 heterocycles. The van der Waals surface area contributed by atoms with E-state index in [-0.39, 0.29) is 11.5 Å². The third kappa shape index (κ3) is 6.35. The highest BCUT2D eigenvalue weighted by Gasteiger charge is 2.23. The first-order valence-electron chi connectivity index (χ1n) is 10.2. The molecule has 2 rings (SSSR count). The molecular formula is C22H31N3O5S. The Hall–Kier alpha value is -2.78. The van der Waals surface area contributed by atoms with E-state index in [0.717, 1.165) is 5.75 Å². The molecule has 0 fully saturated rings. The summed E-state index contributed by atoms with van der Waals surface area (Å²) in [6.45, 7) is 6.57. The van der Waals surface area contributed by atoms with Gasteiger partial charge in [0.25, 0.3) is 5.91 Å². The van der Waals surface area contributed by atoms with Crippen molar-refractivity contribution in [2.24, 2.45) is 0 Å². The Morgan fingerprint density at radius 1 is 0.935 bits per heavy atom. The molecule has 1 N–H and O–H groups in total. The summed E-state index contributed by atoms with van der Waals surface area (Å²) in [5.74, 6) is 0.861. The number of amides is 1. The Balaban J connectivity index is 2.17. The first kappa shape index (κ1) is 24.5. The molecule has 0 unspecified atom stereocenters.